The van der Waals surface area contributed by atoms with Crippen molar-refractivity contribution >= 4 is 29.9 Å². The fourth-order valence-corrected chi connectivity index (χ4v) is 6.66. The molecule has 1 unspecified atom stereocenters. The second kappa shape index (κ2) is 15.8. The lowest BCUT2D eigenvalue weighted by Gasteiger charge is -2.48. The molecule has 1 saturated heterocycles. The predicted octanol–water partition coefficient (Wildman–Crippen LogP) is 3.70. The molecule has 1 saturated carbocycles. The number of benzene rings is 1. The molecule has 2 aromatic rings. The number of hydrogen-bond acceptors (Lipinski definition) is 10. The second-order valence-electron chi connectivity index (χ2n) is 12.2. The van der Waals surface area contributed by atoms with E-state index in [9.17, 15) is 14.4 Å². The normalized spacial score (nSPS) is 18.0. The number of carbonyl (C=O) groups is 3. The Hall–Kier alpha value is -2.80. The molecule has 1 aliphatic heterocycles. The van der Waals surface area contributed by atoms with Crippen molar-refractivity contribution in [3.8, 4) is 0 Å². The number of aromatic nitrogens is 2. The predicted molar refractivity (Wildman–Crippen MR) is 165 cm³/mol. The molecule has 0 bridgehead atoms. The lowest BCUT2D eigenvalue weighted by Crippen LogP contribution is -2.65. The molecule has 2 heterocycles. The highest BCUT2D eigenvalue weighted by Crippen LogP contribution is 2.35. The van der Waals surface area contributed by atoms with Crippen molar-refractivity contribution in [1.82, 2.24) is 30.2 Å². The highest BCUT2D eigenvalue weighted by atomic mass is 32.2. The summed E-state index contributed by atoms with van der Waals surface area (Å²) in [6.07, 6.45) is 4.89. The summed E-state index contributed by atoms with van der Waals surface area (Å²) in [7, 11) is 3.96. The third-order valence-corrected chi connectivity index (χ3v) is 8.85. The van der Waals surface area contributed by atoms with Crippen molar-refractivity contribution in [2.45, 2.75) is 75.8 Å². The van der Waals surface area contributed by atoms with Crippen LogP contribution >= 0.6 is 11.8 Å². The number of hydrogen-bond donors (Lipinski definition) is 1. The quantitative estimate of drug-likeness (QED) is 0.138. The number of thioether (sulfide) groups is 1. The van der Waals surface area contributed by atoms with Crippen LogP contribution in [0.4, 0.5) is 0 Å². The average Bonchev–Trinajstić information content (AvgIpc) is 3.46. The lowest BCUT2D eigenvalue weighted by molar-refractivity contribution is -0.129. The van der Waals surface area contributed by atoms with Gasteiger partial charge in [-0.1, -0.05) is 44.2 Å². The van der Waals surface area contributed by atoms with Gasteiger partial charge in [0.2, 0.25) is 12.2 Å². The first-order valence-corrected chi connectivity index (χ1v) is 16.3. The third kappa shape index (κ3) is 9.10. The van der Waals surface area contributed by atoms with E-state index in [1.54, 1.807) is 6.07 Å². The number of rotatable bonds is 15. The monoisotopic (exact) mass is 614 g/mol. The molecule has 1 aromatic heterocycles. The number of nitrogens with zero attached hydrogens (tertiary/aromatic N) is 5. The molecule has 43 heavy (non-hydrogen) atoms. The van der Waals surface area contributed by atoms with E-state index in [1.165, 1.54) is 16.7 Å². The fraction of sp³-hybridized carbons (Fsp3) is 0.645. The first-order valence-electron chi connectivity index (χ1n) is 15.3. The summed E-state index contributed by atoms with van der Waals surface area (Å²) in [5.41, 5.74) is 0.572. The molecule has 2 amide bonds. The molecule has 1 aromatic carbocycles. The fourth-order valence-electron chi connectivity index (χ4n) is 5.79. The van der Waals surface area contributed by atoms with Crippen molar-refractivity contribution in [2.24, 2.45) is 5.92 Å². The molecule has 0 radical (unpaired) electrons. The largest absolute Gasteiger partial charge is 0.408 e. The zero-order chi connectivity index (χ0) is 30.8. The first-order chi connectivity index (χ1) is 20.7. The summed E-state index contributed by atoms with van der Waals surface area (Å²) in [5, 5.41) is 11.7. The molecular formula is C31H46N6O5S. The van der Waals surface area contributed by atoms with E-state index in [0.717, 1.165) is 56.8 Å². The van der Waals surface area contributed by atoms with Crippen LogP contribution in [0, 0.1) is 5.92 Å². The maximum absolute atomic E-state index is 13.9. The smallest absolute Gasteiger partial charge is 0.286 e. The van der Waals surface area contributed by atoms with Gasteiger partial charge in [0.05, 0.1) is 13.2 Å². The summed E-state index contributed by atoms with van der Waals surface area (Å²) in [5.74, 6) is 0.0613. The van der Waals surface area contributed by atoms with Crippen molar-refractivity contribution in [2.75, 3.05) is 52.7 Å². The van der Waals surface area contributed by atoms with Gasteiger partial charge in [0, 0.05) is 37.5 Å². The minimum absolute atomic E-state index is 0.0986. The molecule has 1 atom stereocenters. The Morgan fingerprint density at radius 2 is 1.88 bits per heavy atom. The molecule has 2 fully saturated rings. The second-order valence-corrected chi connectivity index (χ2v) is 13.2. The summed E-state index contributed by atoms with van der Waals surface area (Å²) in [6.45, 7) is 8.70. The van der Waals surface area contributed by atoms with Gasteiger partial charge in [-0.2, -0.15) is 0 Å². The van der Waals surface area contributed by atoms with Gasteiger partial charge in [-0.25, -0.2) is 0 Å². The van der Waals surface area contributed by atoms with E-state index in [-0.39, 0.29) is 17.7 Å². The molecule has 1 aliphatic carbocycles. The molecule has 11 nitrogen and oxygen atoms in total. The van der Waals surface area contributed by atoms with Crippen LogP contribution in [0.1, 0.15) is 79.0 Å². The van der Waals surface area contributed by atoms with E-state index >= 15 is 0 Å². The summed E-state index contributed by atoms with van der Waals surface area (Å²) in [4.78, 5) is 46.5. The van der Waals surface area contributed by atoms with E-state index in [4.69, 9.17) is 9.15 Å². The molecular weight excluding hydrogens is 568 g/mol. The average molecular weight is 615 g/mol. The topological polar surface area (TPSA) is 121 Å². The van der Waals surface area contributed by atoms with Crippen LogP contribution in [0.2, 0.25) is 0 Å². The van der Waals surface area contributed by atoms with E-state index in [2.05, 4.69) is 20.4 Å². The summed E-state index contributed by atoms with van der Waals surface area (Å²) >= 11 is 1.39. The van der Waals surface area contributed by atoms with E-state index < -0.39 is 17.5 Å². The number of amides is 2. The number of ketones is 1. The Bertz CT molecular complexity index is 1210. The van der Waals surface area contributed by atoms with Gasteiger partial charge in [-0.05, 0) is 69.8 Å². The number of Topliss-reactive ketones (excluding diaryl/α,β-unsaturated/α-hetero) is 1. The van der Waals surface area contributed by atoms with Gasteiger partial charge in [0.25, 0.3) is 17.0 Å². The van der Waals surface area contributed by atoms with Crippen LogP contribution in [0.25, 0.3) is 0 Å². The Morgan fingerprint density at radius 3 is 2.56 bits per heavy atom. The minimum atomic E-state index is -1.00. The van der Waals surface area contributed by atoms with Crippen LogP contribution < -0.4 is 5.32 Å². The van der Waals surface area contributed by atoms with Crippen LogP contribution in [0.15, 0.2) is 33.9 Å². The molecule has 0 spiro atoms. The van der Waals surface area contributed by atoms with Gasteiger partial charge in [0.1, 0.15) is 11.7 Å². The summed E-state index contributed by atoms with van der Waals surface area (Å²) in [6, 6.07) is 6.77. The lowest BCUT2D eigenvalue weighted by atomic mass is 9.84. The standard InChI is InChI=1S/C31H46N6O5S/c1-23(2)19-26(27(39)29-33-34-30(42-29)43-18-15-35(3)4)37(22-38)31(11-6-5-7-12-31)32-28(40)25-10-8-9-24(20-25)21-36-13-16-41-17-14-36/h8-10,20,22-23,26H,5-7,11-19,21H2,1-4H3,(H,32,40). The van der Waals surface area contributed by atoms with Crippen molar-refractivity contribution in [1.29, 1.82) is 0 Å². The number of ether oxygens (including phenoxy) is 1. The highest BCUT2D eigenvalue weighted by Gasteiger charge is 2.45. The van der Waals surface area contributed by atoms with Gasteiger partial charge >= 0.3 is 0 Å². The van der Waals surface area contributed by atoms with Crippen molar-refractivity contribution in [3.05, 3.63) is 41.3 Å². The third-order valence-electron chi connectivity index (χ3n) is 8.05. The zero-order valence-corrected chi connectivity index (χ0v) is 26.7. The molecule has 236 valence electrons. The Labute approximate surface area is 259 Å². The summed E-state index contributed by atoms with van der Waals surface area (Å²) < 4.78 is 11.2. The van der Waals surface area contributed by atoms with Crippen LogP contribution in [-0.2, 0) is 16.1 Å². The van der Waals surface area contributed by atoms with Crippen LogP contribution in [0.5, 0.6) is 0 Å². The first kappa shape index (κ1) is 33.1. The maximum Gasteiger partial charge on any atom is 0.286 e. The van der Waals surface area contributed by atoms with Gasteiger partial charge < -0.3 is 24.3 Å². The Balaban J connectivity index is 1.56. The maximum atomic E-state index is 13.9. The molecule has 12 heteroatoms. The molecule has 4 rings (SSSR count). The Kier molecular flexibility index (Phi) is 12.2. The number of carbonyl (C=O) groups excluding carboxylic acids is 3. The zero-order valence-electron chi connectivity index (χ0n) is 25.9. The van der Waals surface area contributed by atoms with Crippen molar-refractivity contribution in [3.63, 3.8) is 0 Å². The SMILES string of the molecule is CC(C)CC(C(=O)c1nnc(SCCN(C)C)o1)N(C=O)C1(NC(=O)c2cccc(CN3CCOCC3)c2)CCCCC1. The van der Waals surface area contributed by atoms with E-state index in [1.807, 2.05) is 51.0 Å². The van der Waals surface area contributed by atoms with Gasteiger partial charge in [-0.3, -0.25) is 19.3 Å². The van der Waals surface area contributed by atoms with Gasteiger partial charge in [-0.15, -0.1) is 10.2 Å². The van der Waals surface area contributed by atoms with Gasteiger partial charge in [0.15, 0.2) is 0 Å². The Morgan fingerprint density at radius 1 is 1.14 bits per heavy atom. The van der Waals surface area contributed by atoms with Crippen LogP contribution in [0.3, 0.4) is 0 Å². The molecule has 2 aliphatic rings. The number of morpholine rings is 1. The van der Waals surface area contributed by atoms with Crippen molar-refractivity contribution < 1.29 is 23.5 Å². The minimum Gasteiger partial charge on any atom is -0.408 e. The highest BCUT2D eigenvalue weighted by molar-refractivity contribution is 7.99. The number of nitrogens with one attached hydrogen (secondary N) is 1. The molecule has 1 N–H and O–H groups in total. The van der Waals surface area contributed by atoms with Crippen LogP contribution in [-0.4, -0.2) is 107 Å². The van der Waals surface area contributed by atoms with E-state index in [0.29, 0.717) is 49.7 Å².